The van der Waals surface area contributed by atoms with E-state index >= 15 is 0 Å². The Kier molecular flexibility index (Phi) is 2.27. The van der Waals surface area contributed by atoms with Gasteiger partial charge in [0.2, 0.25) is 5.91 Å². The van der Waals surface area contributed by atoms with Crippen LogP contribution in [-0.2, 0) is 9.53 Å². The van der Waals surface area contributed by atoms with Crippen LogP contribution in [0, 0.1) is 0 Å². The molecule has 3 heteroatoms. The molecule has 0 aromatic heterocycles. The minimum absolute atomic E-state index is 0.139. The van der Waals surface area contributed by atoms with Crippen LogP contribution < -0.4 is 5.32 Å². The Bertz CT molecular complexity index is 124. The van der Waals surface area contributed by atoms with Gasteiger partial charge in [-0.05, 0) is 6.42 Å². The molecule has 1 aliphatic heterocycles. The fourth-order valence-corrected chi connectivity index (χ4v) is 1.23. The summed E-state index contributed by atoms with van der Waals surface area (Å²) >= 11 is 0. The van der Waals surface area contributed by atoms with Crippen LogP contribution in [0.15, 0.2) is 0 Å². The number of carbonyl (C=O) groups is 1. The number of carbonyl (C=O) groups excluding carboxylic acids is 1. The lowest BCUT2D eigenvalue weighted by molar-refractivity contribution is -0.131. The summed E-state index contributed by atoms with van der Waals surface area (Å²) in [5.41, 5.74) is 0. The largest absolute Gasteiger partial charge is 0.379 e. The Morgan fingerprint density at radius 1 is 1.90 bits per heavy atom. The molecular weight excluding hydrogens is 130 g/mol. The summed E-state index contributed by atoms with van der Waals surface area (Å²) in [5, 5.41) is 2.78. The van der Waals surface area contributed by atoms with Crippen molar-refractivity contribution in [3.8, 4) is 0 Å². The van der Waals surface area contributed by atoms with E-state index in [0.717, 1.165) is 6.42 Å². The average molecular weight is 143 g/mol. The molecule has 2 unspecified atom stereocenters. The molecule has 0 aliphatic carbocycles. The van der Waals surface area contributed by atoms with Crippen LogP contribution in [0.3, 0.4) is 0 Å². The monoisotopic (exact) mass is 143 g/mol. The minimum atomic E-state index is 0.139. The van der Waals surface area contributed by atoms with E-state index in [1.807, 2.05) is 0 Å². The highest BCUT2D eigenvalue weighted by Crippen LogP contribution is 2.13. The van der Waals surface area contributed by atoms with Gasteiger partial charge in [0.1, 0.15) is 0 Å². The first-order chi connectivity index (χ1) is 4.77. The predicted molar refractivity (Wildman–Crippen MR) is 37.6 cm³/mol. The molecule has 1 N–H and O–H groups in total. The smallest absolute Gasteiger partial charge is 0.222 e. The van der Waals surface area contributed by atoms with E-state index in [1.54, 1.807) is 7.11 Å². The van der Waals surface area contributed by atoms with Gasteiger partial charge in [-0.2, -0.15) is 0 Å². The van der Waals surface area contributed by atoms with Gasteiger partial charge in [-0.25, -0.2) is 0 Å². The molecule has 1 fully saturated rings. The van der Waals surface area contributed by atoms with E-state index in [-0.39, 0.29) is 18.1 Å². The van der Waals surface area contributed by atoms with Gasteiger partial charge in [0.05, 0.1) is 12.1 Å². The van der Waals surface area contributed by atoms with E-state index in [9.17, 15) is 4.79 Å². The highest BCUT2D eigenvalue weighted by Gasteiger charge is 2.31. The van der Waals surface area contributed by atoms with Crippen molar-refractivity contribution in [2.75, 3.05) is 7.11 Å². The molecule has 2 atom stereocenters. The van der Waals surface area contributed by atoms with Crippen LogP contribution in [0.5, 0.6) is 0 Å². The van der Waals surface area contributed by atoms with Crippen LogP contribution in [0.1, 0.15) is 19.8 Å². The van der Waals surface area contributed by atoms with Crippen LogP contribution in [0.2, 0.25) is 0 Å². The van der Waals surface area contributed by atoms with E-state index in [2.05, 4.69) is 12.2 Å². The minimum Gasteiger partial charge on any atom is -0.379 e. The van der Waals surface area contributed by atoms with Crippen LogP contribution >= 0.6 is 0 Å². The number of nitrogens with one attached hydrogen (secondary N) is 1. The molecular formula is C7H13NO2. The van der Waals surface area contributed by atoms with E-state index in [1.165, 1.54) is 0 Å². The fourth-order valence-electron chi connectivity index (χ4n) is 1.23. The normalized spacial score (nSPS) is 27.0. The van der Waals surface area contributed by atoms with Gasteiger partial charge in [-0.1, -0.05) is 6.92 Å². The zero-order valence-corrected chi connectivity index (χ0v) is 6.39. The number of amides is 1. The van der Waals surface area contributed by atoms with Gasteiger partial charge in [-0.3, -0.25) is 4.79 Å². The van der Waals surface area contributed by atoms with Crippen molar-refractivity contribution in [3.63, 3.8) is 0 Å². The first-order valence-corrected chi connectivity index (χ1v) is 3.60. The zero-order chi connectivity index (χ0) is 7.56. The molecule has 0 spiro atoms. The molecule has 1 rings (SSSR count). The van der Waals surface area contributed by atoms with Gasteiger partial charge in [0.15, 0.2) is 0 Å². The highest BCUT2D eigenvalue weighted by molar-refractivity contribution is 5.82. The standard InChI is InChI=1S/C7H13NO2/c1-3-6(10-2)5-4-7(9)8-5/h5-6H,3-4H2,1-2H3,(H,8,9). The number of β-lactam (4-membered cyclic amide) rings is 1. The molecule has 0 saturated carbocycles. The van der Waals surface area contributed by atoms with Gasteiger partial charge in [-0.15, -0.1) is 0 Å². The average Bonchev–Trinajstić information content (AvgIpc) is 1.87. The van der Waals surface area contributed by atoms with E-state index in [0.29, 0.717) is 6.42 Å². The number of ether oxygens (including phenoxy) is 1. The third-order valence-electron chi connectivity index (χ3n) is 1.91. The molecule has 1 heterocycles. The number of hydrogen-bond acceptors (Lipinski definition) is 2. The molecule has 3 nitrogen and oxygen atoms in total. The highest BCUT2D eigenvalue weighted by atomic mass is 16.5. The van der Waals surface area contributed by atoms with Crippen molar-refractivity contribution in [2.24, 2.45) is 0 Å². The molecule has 0 aromatic carbocycles. The predicted octanol–water partition coefficient (Wildman–Crippen LogP) is 0.300. The van der Waals surface area contributed by atoms with Crippen LogP contribution in [0.4, 0.5) is 0 Å². The zero-order valence-electron chi connectivity index (χ0n) is 6.39. The molecule has 0 bridgehead atoms. The van der Waals surface area contributed by atoms with Gasteiger partial charge in [0, 0.05) is 13.5 Å². The first-order valence-electron chi connectivity index (χ1n) is 3.60. The molecule has 0 radical (unpaired) electrons. The second kappa shape index (κ2) is 3.01. The molecule has 1 saturated heterocycles. The summed E-state index contributed by atoms with van der Waals surface area (Å²) in [4.78, 5) is 10.5. The van der Waals surface area contributed by atoms with Gasteiger partial charge >= 0.3 is 0 Å². The van der Waals surface area contributed by atoms with Crippen molar-refractivity contribution in [2.45, 2.75) is 31.9 Å². The third-order valence-corrected chi connectivity index (χ3v) is 1.91. The summed E-state index contributed by atoms with van der Waals surface area (Å²) in [6.45, 7) is 2.05. The molecule has 58 valence electrons. The lowest BCUT2D eigenvalue weighted by atomic mass is 9.98. The Labute approximate surface area is 60.7 Å². The maximum atomic E-state index is 10.5. The summed E-state index contributed by atoms with van der Waals surface area (Å²) in [6, 6.07) is 0.266. The number of rotatable bonds is 3. The number of methoxy groups -OCH3 is 1. The van der Waals surface area contributed by atoms with Crippen molar-refractivity contribution < 1.29 is 9.53 Å². The van der Waals surface area contributed by atoms with Crippen LogP contribution in [0.25, 0.3) is 0 Å². The summed E-state index contributed by atoms with van der Waals surface area (Å²) in [6.07, 6.45) is 1.80. The van der Waals surface area contributed by atoms with Gasteiger partial charge < -0.3 is 10.1 Å². The Hall–Kier alpha value is -0.570. The lowest BCUT2D eigenvalue weighted by Crippen LogP contribution is -2.55. The van der Waals surface area contributed by atoms with Crippen molar-refractivity contribution >= 4 is 5.91 Å². The van der Waals surface area contributed by atoms with Gasteiger partial charge in [0.25, 0.3) is 0 Å². The maximum absolute atomic E-state index is 10.5. The Balaban J connectivity index is 2.27. The summed E-state index contributed by atoms with van der Waals surface area (Å²) < 4.78 is 5.14. The summed E-state index contributed by atoms with van der Waals surface area (Å²) in [5.74, 6) is 0.139. The molecule has 1 amide bonds. The summed E-state index contributed by atoms with van der Waals surface area (Å²) in [7, 11) is 1.68. The Morgan fingerprint density at radius 3 is 2.80 bits per heavy atom. The van der Waals surface area contributed by atoms with Crippen LogP contribution in [-0.4, -0.2) is 25.2 Å². The third kappa shape index (κ3) is 1.29. The van der Waals surface area contributed by atoms with Crippen molar-refractivity contribution in [1.29, 1.82) is 0 Å². The molecule has 0 aromatic rings. The molecule has 1 aliphatic rings. The van der Waals surface area contributed by atoms with Crippen molar-refractivity contribution in [1.82, 2.24) is 5.32 Å². The quantitative estimate of drug-likeness (QED) is 0.577. The second-order valence-electron chi connectivity index (χ2n) is 2.56. The second-order valence-corrected chi connectivity index (χ2v) is 2.56. The SMILES string of the molecule is CCC(OC)C1CC(=O)N1. The molecule has 10 heavy (non-hydrogen) atoms. The lowest BCUT2D eigenvalue weighted by Gasteiger charge is -2.32. The number of hydrogen-bond donors (Lipinski definition) is 1. The Morgan fingerprint density at radius 2 is 2.50 bits per heavy atom. The van der Waals surface area contributed by atoms with E-state index < -0.39 is 0 Å². The topological polar surface area (TPSA) is 38.3 Å². The first kappa shape index (κ1) is 7.54. The maximum Gasteiger partial charge on any atom is 0.222 e. The fraction of sp³-hybridized carbons (Fsp3) is 0.857. The van der Waals surface area contributed by atoms with Crippen molar-refractivity contribution in [3.05, 3.63) is 0 Å². The van der Waals surface area contributed by atoms with E-state index in [4.69, 9.17) is 4.74 Å².